The Balaban J connectivity index is 0.00000146. The number of hydrogen-bond donors (Lipinski definition) is 4. The van der Waals surface area contributed by atoms with Crippen LogP contribution >= 0.6 is 0 Å². The highest BCUT2D eigenvalue weighted by Crippen LogP contribution is 2.26. The van der Waals surface area contributed by atoms with Crippen molar-refractivity contribution in [3.63, 3.8) is 0 Å². The summed E-state index contributed by atoms with van der Waals surface area (Å²) in [5, 5.41) is 17.7. The number of nitrogens with two attached hydrogens (primary N) is 1. The highest BCUT2D eigenvalue weighted by molar-refractivity contribution is 5.75. The van der Waals surface area contributed by atoms with E-state index < -0.39 is 29.5 Å². The van der Waals surface area contributed by atoms with Crippen molar-refractivity contribution < 1.29 is 24.5 Å². The van der Waals surface area contributed by atoms with Gasteiger partial charge >= 0.3 is 11.7 Å². The van der Waals surface area contributed by atoms with Crippen molar-refractivity contribution >= 4 is 5.97 Å². The number of aromatic nitrogens is 3. The molecular formula is C15H28N4O7. The van der Waals surface area contributed by atoms with Crippen LogP contribution in [-0.2, 0) is 14.3 Å². The molecule has 3 unspecified atom stereocenters. The number of H-pyrrole nitrogens is 1. The second-order valence-corrected chi connectivity index (χ2v) is 5.57. The number of hydrogen-bond acceptors (Lipinski definition) is 9. The Hall–Kier alpha value is -2.08. The number of rotatable bonds is 5. The van der Waals surface area contributed by atoms with E-state index in [2.05, 4.69) is 10.1 Å². The van der Waals surface area contributed by atoms with E-state index in [-0.39, 0.29) is 18.6 Å². The van der Waals surface area contributed by atoms with Gasteiger partial charge in [0.05, 0.1) is 6.10 Å². The summed E-state index contributed by atoms with van der Waals surface area (Å²) in [4.78, 5) is 36.4. The van der Waals surface area contributed by atoms with Gasteiger partial charge in [-0.2, -0.15) is 9.78 Å². The summed E-state index contributed by atoms with van der Waals surface area (Å²) in [6.45, 7) is 3.75. The fourth-order valence-corrected chi connectivity index (χ4v) is 2.10. The topological polar surface area (TPSA) is 170 Å². The zero-order valence-corrected chi connectivity index (χ0v) is 15.4. The monoisotopic (exact) mass is 376 g/mol. The van der Waals surface area contributed by atoms with Crippen molar-refractivity contribution in [1.29, 1.82) is 0 Å². The minimum absolute atomic E-state index is 0.00587. The number of nitrogens with zero attached hydrogens (tertiary/aromatic N) is 2. The van der Waals surface area contributed by atoms with Gasteiger partial charge in [0.15, 0.2) is 6.23 Å². The minimum atomic E-state index is -0.666. The number of carbonyl (C=O) groups excluding carboxylic acids is 1. The van der Waals surface area contributed by atoms with E-state index in [0.717, 1.165) is 25.1 Å². The molecule has 0 saturated carbocycles. The molecule has 11 heteroatoms. The van der Waals surface area contributed by atoms with Gasteiger partial charge < -0.3 is 25.4 Å². The largest absolute Gasteiger partial charge is 0.462 e. The molecule has 11 nitrogen and oxygen atoms in total. The van der Waals surface area contributed by atoms with Crippen molar-refractivity contribution in [3.8, 4) is 0 Å². The molecule has 1 saturated heterocycles. The quantitative estimate of drug-likeness (QED) is 0.440. The molecule has 1 fully saturated rings. The molecule has 1 aliphatic heterocycles. The molecule has 0 radical (unpaired) electrons. The number of nitrogens with one attached hydrogen (secondary N) is 1. The lowest BCUT2D eigenvalue weighted by Crippen LogP contribution is -2.38. The van der Waals surface area contributed by atoms with Crippen molar-refractivity contribution in [2.24, 2.45) is 11.7 Å². The summed E-state index contributed by atoms with van der Waals surface area (Å²) in [6.07, 6.45) is 1.26. The molecule has 0 amide bonds. The van der Waals surface area contributed by atoms with E-state index in [4.69, 9.17) is 25.4 Å². The van der Waals surface area contributed by atoms with Crippen LogP contribution in [0.4, 0.5) is 0 Å². The van der Waals surface area contributed by atoms with Gasteiger partial charge in [0.1, 0.15) is 18.8 Å². The fourth-order valence-electron chi connectivity index (χ4n) is 2.10. The molecule has 0 bridgehead atoms. The normalized spacial score (nSPS) is 19.7. The maximum absolute atomic E-state index is 11.7. The van der Waals surface area contributed by atoms with E-state index in [1.54, 1.807) is 0 Å². The highest BCUT2D eigenvalue weighted by atomic mass is 16.6. The van der Waals surface area contributed by atoms with Crippen molar-refractivity contribution in [3.05, 3.63) is 27.0 Å². The van der Waals surface area contributed by atoms with Crippen molar-refractivity contribution in [2.75, 3.05) is 20.8 Å². The first kappa shape index (κ1) is 23.9. The number of aliphatic hydroxyl groups excluding tert-OH is 2. The van der Waals surface area contributed by atoms with E-state index in [9.17, 15) is 14.4 Å². The second-order valence-electron chi connectivity index (χ2n) is 5.57. The van der Waals surface area contributed by atoms with Gasteiger partial charge in [0.25, 0.3) is 5.56 Å². The summed E-state index contributed by atoms with van der Waals surface area (Å²) >= 11 is 0. The molecule has 5 N–H and O–H groups in total. The Kier molecular flexibility index (Phi) is 11.3. The zero-order chi connectivity index (χ0) is 20.3. The van der Waals surface area contributed by atoms with E-state index in [1.165, 1.54) is 0 Å². The molecule has 1 aromatic heterocycles. The molecular weight excluding hydrogens is 348 g/mol. The van der Waals surface area contributed by atoms with Gasteiger partial charge in [-0.3, -0.25) is 14.6 Å². The Bertz CT molecular complexity index is 643. The van der Waals surface area contributed by atoms with Crippen LogP contribution in [0.5, 0.6) is 0 Å². The standard InChI is InChI=1S/C13H20N4O5.2CH4O/c1-7(2)11(14)12(19)21-6-8-3-4-10(22-8)17-13(20)16-9(18)5-15-17;2*1-2/h5,7-8,10-11H,3-4,6,14H2,1-2H3,(H,16,18,20);2*2H,1H3. The smallest absolute Gasteiger partial charge is 0.347 e. The van der Waals surface area contributed by atoms with Crippen LogP contribution in [0.25, 0.3) is 0 Å². The summed E-state index contributed by atoms with van der Waals surface area (Å²) in [5.74, 6) is -0.477. The lowest BCUT2D eigenvalue weighted by molar-refractivity contribution is -0.151. The predicted octanol–water partition coefficient (Wildman–Crippen LogP) is -1.65. The third kappa shape index (κ3) is 7.04. The molecule has 0 spiro atoms. The molecule has 26 heavy (non-hydrogen) atoms. The van der Waals surface area contributed by atoms with Crippen LogP contribution in [0.15, 0.2) is 15.8 Å². The van der Waals surface area contributed by atoms with Gasteiger partial charge in [-0.25, -0.2) is 4.79 Å². The van der Waals surface area contributed by atoms with Crippen LogP contribution < -0.4 is 17.0 Å². The lowest BCUT2D eigenvalue weighted by Gasteiger charge is -2.17. The summed E-state index contributed by atoms with van der Waals surface area (Å²) in [5.41, 5.74) is 4.50. The summed E-state index contributed by atoms with van der Waals surface area (Å²) in [7, 11) is 2.00. The maximum Gasteiger partial charge on any atom is 0.347 e. The van der Waals surface area contributed by atoms with Gasteiger partial charge in [0, 0.05) is 14.2 Å². The molecule has 0 aromatic carbocycles. The van der Waals surface area contributed by atoms with E-state index in [0.29, 0.717) is 12.8 Å². The molecule has 2 heterocycles. The first-order valence-corrected chi connectivity index (χ1v) is 8.03. The maximum atomic E-state index is 11.7. The van der Waals surface area contributed by atoms with Crippen LogP contribution in [0.2, 0.25) is 0 Å². The summed E-state index contributed by atoms with van der Waals surface area (Å²) in [6, 6.07) is -0.666. The number of ether oxygens (including phenoxy) is 2. The SMILES string of the molecule is CC(C)C(N)C(=O)OCC1CCC(n2ncc(=O)[nH]c2=O)O1.CO.CO. The van der Waals surface area contributed by atoms with Gasteiger partial charge in [-0.15, -0.1) is 0 Å². The Morgan fingerprint density at radius 2 is 2.00 bits per heavy atom. The molecule has 1 aromatic rings. The first-order chi connectivity index (χ1) is 12.4. The third-order valence-electron chi connectivity index (χ3n) is 3.50. The van der Waals surface area contributed by atoms with Crippen LogP contribution in [0.3, 0.4) is 0 Å². The molecule has 3 atom stereocenters. The third-order valence-corrected chi connectivity index (χ3v) is 3.50. The van der Waals surface area contributed by atoms with Crippen LogP contribution in [0, 0.1) is 5.92 Å². The Labute approximate surface area is 150 Å². The number of esters is 1. The van der Waals surface area contributed by atoms with Gasteiger partial charge in [-0.05, 0) is 18.8 Å². The van der Waals surface area contributed by atoms with Crippen LogP contribution in [0.1, 0.15) is 32.9 Å². The highest BCUT2D eigenvalue weighted by Gasteiger charge is 2.30. The van der Waals surface area contributed by atoms with Gasteiger partial charge in [-0.1, -0.05) is 13.8 Å². The lowest BCUT2D eigenvalue weighted by atomic mass is 10.1. The van der Waals surface area contributed by atoms with Crippen LogP contribution in [-0.4, -0.2) is 63.9 Å². The number of aromatic amines is 1. The Morgan fingerprint density at radius 1 is 1.38 bits per heavy atom. The average Bonchev–Trinajstić information content (AvgIpc) is 3.11. The zero-order valence-electron chi connectivity index (χ0n) is 15.4. The second kappa shape index (κ2) is 12.3. The predicted molar refractivity (Wildman–Crippen MR) is 92.3 cm³/mol. The fraction of sp³-hybridized carbons (Fsp3) is 0.733. The minimum Gasteiger partial charge on any atom is -0.462 e. The number of aliphatic hydroxyl groups is 2. The van der Waals surface area contributed by atoms with Gasteiger partial charge in [0.2, 0.25) is 0 Å². The van der Waals surface area contributed by atoms with E-state index >= 15 is 0 Å². The molecule has 1 aliphatic rings. The number of carbonyl (C=O) groups is 1. The average molecular weight is 376 g/mol. The van der Waals surface area contributed by atoms with Crippen molar-refractivity contribution in [1.82, 2.24) is 14.8 Å². The first-order valence-electron chi connectivity index (χ1n) is 8.03. The summed E-state index contributed by atoms with van der Waals surface area (Å²) < 4.78 is 11.8. The Morgan fingerprint density at radius 3 is 2.54 bits per heavy atom. The molecule has 0 aliphatic carbocycles. The van der Waals surface area contributed by atoms with E-state index in [1.807, 2.05) is 13.8 Å². The molecule has 2 rings (SSSR count). The van der Waals surface area contributed by atoms with Crippen molar-refractivity contribution in [2.45, 2.75) is 45.1 Å². The molecule has 150 valence electrons.